The Morgan fingerprint density at radius 2 is 1.69 bits per heavy atom. The Balaban J connectivity index is 1.46. The molecular formula is C27H25ClN2O4S. The van der Waals surface area contributed by atoms with Crippen LogP contribution >= 0.6 is 11.6 Å². The number of benzene rings is 4. The smallest absolute Gasteiger partial charge is 0.265 e. The van der Waals surface area contributed by atoms with E-state index in [4.69, 9.17) is 16.3 Å². The number of rotatable bonds is 8. The van der Waals surface area contributed by atoms with Gasteiger partial charge < -0.3 is 10.1 Å². The van der Waals surface area contributed by atoms with E-state index >= 15 is 0 Å². The molecule has 2 N–H and O–H groups in total. The highest BCUT2D eigenvalue weighted by molar-refractivity contribution is 7.92. The molecule has 4 aromatic carbocycles. The number of hydrogen-bond acceptors (Lipinski definition) is 4. The van der Waals surface area contributed by atoms with Crippen LogP contribution in [0.15, 0.2) is 89.8 Å². The average molecular weight is 509 g/mol. The van der Waals surface area contributed by atoms with Crippen molar-refractivity contribution in [3.63, 3.8) is 0 Å². The van der Waals surface area contributed by atoms with Crippen LogP contribution in [0.3, 0.4) is 0 Å². The molecule has 0 heterocycles. The Kier molecular flexibility index (Phi) is 7.28. The Bertz CT molecular complexity index is 1470. The van der Waals surface area contributed by atoms with Crippen molar-refractivity contribution in [3.8, 4) is 5.75 Å². The molecule has 1 amide bonds. The van der Waals surface area contributed by atoms with Gasteiger partial charge in [-0.2, -0.15) is 0 Å². The Morgan fingerprint density at radius 1 is 0.971 bits per heavy atom. The van der Waals surface area contributed by atoms with Crippen molar-refractivity contribution in [2.75, 3.05) is 10.0 Å². The summed E-state index contributed by atoms with van der Waals surface area (Å²) in [5.74, 6) is 0.317. The zero-order chi connectivity index (χ0) is 25.0. The molecule has 0 saturated carbocycles. The molecule has 0 aliphatic carbocycles. The van der Waals surface area contributed by atoms with Gasteiger partial charge in [-0.1, -0.05) is 61.0 Å². The highest BCUT2D eigenvalue weighted by atomic mass is 35.5. The summed E-state index contributed by atoms with van der Waals surface area (Å²) in [4.78, 5) is 13.0. The van der Waals surface area contributed by atoms with Crippen LogP contribution in [0.5, 0.6) is 5.75 Å². The summed E-state index contributed by atoms with van der Waals surface area (Å²) in [5.41, 5.74) is 1.62. The molecule has 0 fully saturated rings. The topological polar surface area (TPSA) is 84.5 Å². The molecule has 4 aromatic rings. The number of hydrogen-bond donors (Lipinski definition) is 2. The third-order valence-electron chi connectivity index (χ3n) is 5.56. The van der Waals surface area contributed by atoms with Gasteiger partial charge in [0.05, 0.1) is 10.6 Å². The van der Waals surface area contributed by atoms with Crippen molar-refractivity contribution < 1.29 is 17.9 Å². The van der Waals surface area contributed by atoms with Crippen LogP contribution < -0.4 is 14.8 Å². The van der Waals surface area contributed by atoms with Crippen LogP contribution in [-0.4, -0.2) is 20.4 Å². The largest absolute Gasteiger partial charge is 0.480 e. The number of anilines is 2. The fraction of sp³-hybridized carbons (Fsp3) is 0.148. The Hall–Kier alpha value is -3.55. The Morgan fingerprint density at radius 3 is 2.43 bits per heavy atom. The number of carbonyl (C=O) groups excluding carboxylic acids is 1. The van der Waals surface area contributed by atoms with Crippen molar-refractivity contribution in [1.29, 1.82) is 0 Å². The summed E-state index contributed by atoms with van der Waals surface area (Å²) in [7, 11) is -3.83. The van der Waals surface area contributed by atoms with Crippen LogP contribution in [0.2, 0.25) is 5.02 Å². The SMILES string of the molecule is CC[C@@H](Oc1cccc2ccccc12)C(=O)Nc1ccc(S(=O)(=O)Nc2cc(Cl)ccc2C)cc1. The van der Waals surface area contributed by atoms with E-state index in [1.807, 2.05) is 49.4 Å². The first kappa shape index (κ1) is 24.6. The van der Waals surface area contributed by atoms with Gasteiger partial charge in [0.15, 0.2) is 6.10 Å². The maximum absolute atomic E-state index is 12.9. The molecule has 0 aliphatic rings. The number of aryl methyl sites for hydroxylation is 1. The molecule has 4 rings (SSSR count). The molecule has 0 aliphatic heterocycles. The fourth-order valence-corrected chi connectivity index (χ4v) is 4.92. The second-order valence-electron chi connectivity index (χ2n) is 8.07. The number of ether oxygens (including phenoxy) is 1. The van der Waals surface area contributed by atoms with Gasteiger partial charge in [0.2, 0.25) is 0 Å². The van der Waals surface area contributed by atoms with Gasteiger partial charge in [-0.05, 0) is 66.8 Å². The summed E-state index contributed by atoms with van der Waals surface area (Å²) in [6.45, 7) is 3.66. The van der Waals surface area contributed by atoms with Crippen LogP contribution in [-0.2, 0) is 14.8 Å². The van der Waals surface area contributed by atoms with Gasteiger partial charge in [0.25, 0.3) is 15.9 Å². The molecule has 6 nitrogen and oxygen atoms in total. The van der Waals surface area contributed by atoms with E-state index in [1.165, 1.54) is 12.1 Å². The molecule has 0 saturated heterocycles. The zero-order valence-electron chi connectivity index (χ0n) is 19.3. The summed E-state index contributed by atoms with van der Waals surface area (Å²) >= 11 is 5.99. The number of fused-ring (bicyclic) bond motifs is 1. The van der Waals surface area contributed by atoms with E-state index in [0.717, 1.165) is 16.3 Å². The van der Waals surface area contributed by atoms with E-state index in [-0.39, 0.29) is 10.8 Å². The number of amides is 1. The number of carbonyl (C=O) groups is 1. The molecule has 35 heavy (non-hydrogen) atoms. The molecule has 180 valence electrons. The molecule has 0 radical (unpaired) electrons. The van der Waals surface area contributed by atoms with Crippen molar-refractivity contribution in [2.24, 2.45) is 0 Å². The van der Waals surface area contributed by atoms with Gasteiger partial charge in [-0.3, -0.25) is 9.52 Å². The molecule has 0 spiro atoms. The maximum atomic E-state index is 12.9. The van der Waals surface area contributed by atoms with Crippen molar-refractivity contribution in [2.45, 2.75) is 31.3 Å². The summed E-state index contributed by atoms with van der Waals surface area (Å²) in [6, 6.07) is 24.5. The highest BCUT2D eigenvalue weighted by Gasteiger charge is 2.20. The second-order valence-corrected chi connectivity index (χ2v) is 10.2. The van der Waals surface area contributed by atoms with E-state index < -0.39 is 16.1 Å². The van der Waals surface area contributed by atoms with E-state index in [2.05, 4.69) is 10.0 Å². The van der Waals surface area contributed by atoms with E-state index in [1.54, 1.807) is 37.3 Å². The monoisotopic (exact) mass is 508 g/mol. The average Bonchev–Trinajstić information content (AvgIpc) is 2.85. The van der Waals surface area contributed by atoms with Crippen molar-refractivity contribution in [1.82, 2.24) is 0 Å². The first-order valence-electron chi connectivity index (χ1n) is 11.1. The lowest BCUT2D eigenvalue weighted by molar-refractivity contribution is -0.122. The predicted molar refractivity (Wildman–Crippen MR) is 141 cm³/mol. The zero-order valence-corrected chi connectivity index (χ0v) is 20.9. The van der Waals surface area contributed by atoms with Crippen LogP contribution in [0.25, 0.3) is 10.8 Å². The number of nitrogens with one attached hydrogen (secondary N) is 2. The number of sulfonamides is 1. The first-order valence-corrected chi connectivity index (χ1v) is 13.0. The molecule has 0 unspecified atom stereocenters. The first-order chi connectivity index (χ1) is 16.8. The van der Waals surface area contributed by atoms with Crippen LogP contribution in [0.4, 0.5) is 11.4 Å². The predicted octanol–water partition coefficient (Wildman–Crippen LogP) is 6.40. The van der Waals surface area contributed by atoms with Crippen molar-refractivity contribution in [3.05, 3.63) is 95.5 Å². The minimum atomic E-state index is -3.83. The van der Waals surface area contributed by atoms with Gasteiger partial charge in [0.1, 0.15) is 5.75 Å². The molecule has 0 bridgehead atoms. The van der Waals surface area contributed by atoms with Crippen LogP contribution in [0, 0.1) is 6.92 Å². The third kappa shape index (κ3) is 5.75. The lowest BCUT2D eigenvalue weighted by atomic mass is 10.1. The highest BCUT2D eigenvalue weighted by Crippen LogP contribution is 2.27. The van der Waals surface area contributed by atoms with Gasteiger partial charge in [0, 0.05) is 16.1 Å². The summed E-state index contributed by atoms with van der Waals surface area (Å²) in [5, 5.41) is 5.20. The lowest BCUT2D eigenvalue weighted by Gasteiger charge is -2.19. The number of halogens is 1. The second kappa shape index (κ2) is 10.4. The van der Waals surface area contributed by atoms with Gasteiger partial charge in [-0.15, -0.1) is 0 Å². The molecule has 8 heteroatoms. The van der Waals surface area contributed by atoms with Crippen LogP contribution in [0.1, 0.15) is 18.9 Å². The summed E-state index contributed by atoms with van der Waals surface area (Å²) in [6.07, 6.45) is -0.249. The summed E-state index contributed by atoms with van der Waals surface area (Å²) < 4.78 is 34.2. The molecular weight excluding hydrogens is 484 g/mol. The lowest BCUT2D eigenvalue weighted by Crippen LogP contribution is -2.32. The quantitative estimate of drug-likeness (QED) is 0.288. The Labute approximate surface area is 209 Å². The van der Waals surface area contributed by atoms with E-state index in [0.29, 0.717) is 28.6 Å². The van der Waals surface area contributed by atoms with Gasteiger partial charge in [-0.25, -0.2) is 8.42 Å². The van der Waals surface area contributed by atoms with Gasteiger partial charge >= 0.3 is 0 Å². The maximum Gasteiger partial charge on any atom is 0.265 e. The molecule has 1 atom stereocenters. The molecule has 0 aromatic heterocycles. The standard InChI is InChI=1S/C27H25ClN2O4S/c1-3-25(34-26-10-6-8-19-7-4-5-9-23(19)26)27(31)29-21-13-15-22(16-14-21)35(32,33)30-24-17-20(28)12-11-18(24)2/h4-17,25,30H,3H2,1-2H3,(H,29,31)/t25-/m1/s1. The minimum Gasteiger partial charge on any atom is -0.480 e. The van der Waals surface area contributed by atoms with Crippen molar-refractivity contribution >= 4 is 49.7 Å². The fourth-order valence-electron chi connectivity index (χ4n) is 3.62. The van der Waals surface area contributed by atoms with E-state index in [9.17, 15) is 13.2 Å². The minimum absolute atomic E-state index is 0.0638. The normalized spacial score (nSPS) is 12.2. The third-order valence-corrected chi connectivity index (χ3v) is 7.17.